The van der Waals surface area contributed by atoms with Crippen LogP contribution in [0.2, 0.25) is 0 Å². The van der Waals surface area contributed by atoms with Gasteiger partial charge in [-0.15, -0.1) is 0 Å². The molecule has 0 saturated carbocycles. The molecule has 0 fully saturated rings. The molecule has 1 amide bonds. The Labute approximate surface area is 145 Å². The zero-order valence-electron chi connectivity index (χ0n) is 13.6. The van der Waals surface area contributed by atoms with E-state index in [1.807, 2.05) is 60.7 Å². The van der Waals surface area contributed by atoms with Crippen molar-refractivity contribution < 1.29 is 9.90 Å². The van der Waals surface area contributed by atoms with Gasteiger partial charge < -0.3 is 14.6 Å². The van der Waals surface area contributed by atoms with Gasteiger partial charge >= 0.3 is 0 Å². The summed E-state index contributed by atoms with van der Waals surface area (Å²) in [5.41, 5.74) is 1.16. The highest BCUT2D eigenvalue weighted by atomic mass is 16.3. The van der Waals surface area contributed by atoms with Gasteiger partial charge in [-0.3, -0.25) is 9.59 Å². The summed E-state index contributed by atoms with van der Waals surface area (Å²) in [4.78, 5) is 26.5. The number of hydrogen-bond donors (Lipinski definition) is 1. The molecule has 126 valence electrons. The molecule has 5 nitrogen and oxygen atoms in total. The second-order valence-electron chi connectivity index (χ2n) is 5.63. The second-order valence-corrected chi connectivity index (χ2v) is 5.63. The highest BCUT2D eigenvalue weighted by Gasteiger charge is 2.17. The van der Waals surface area contributed by atoms with Gasteiger partial charge in [0.15, 0.2) is 5.75 Å². The average molecular weight is 334 g/mol. The molecule has 0 aliphatic heterocycles. The zero-order chi connectivity index (χ0) is 17.6. The molecule has 0 aliphatic carbocycles. The predicted octanol–water partition coefficient (Wildman–Crippen LogP) is 2.79. The van der Waals surface area contributed by atoms with Gasteiger partial charge in [0.25, 0.3) is 5.56 Å². The normalized spacial score (nSPS) is 10.4. The number of nitrogens with zero attached hydrogens (tertiary/aromatic N) is 2. The quantitative estimate of drug-likeness (QED) is 0.780. The number of aromatic hydroxyl groups is 1. The van der Waals surface area contributed by atoms with Gasteiger partial charge in [0, 0.05) is 11.9 Å². The second kappa shape index (κ2) is 7.49. The Morgan fingerprint density at radius 1 is 0.920 bits per heavy atom. The van der Waals surface area contributed by atoms with Crippen LogP contribution in [-0.2, 0) is 17.9 Å². The van der Waals surface area contributed by atoms with Crippen molar-refractivity contribution >= 4 is 11.6 Å². The molecule has 3 aromatic rings. The van der Waals surface area contributed by atoms with Gasteiger partial charge in [-0.25, -0.2) is 0 Å². The Hall–Kier alpha value is -3.34. The first-order chi connectivity index (χ1) is 12.1. The number of anilines is 1. The van der Waals surface area contributed by atoms with Crippen molar-refractivity contribution in [2.45, 2.75) is 13.1 Å². The Kier molecular flexibility index (Phi) is 4.95. The molecule has 1 aromatic heterocycles. The maximum atomic E-state index is 12.9. The summed E-state index contributed by atoms with van der Waals surface area (Å²) >= 11 is 0. The first-order valence-corrected chi connectivity index (χ1v) is 7.93. The molecule has 0 bridgehead atoms. The molecule has 25 heavy (non-hydrogen) atoms. The van der Waals surface area contributed by atoms with E-state index in [2.05, 4.69) is 0 Å². The predicted molar refractivity (Wildman–Crippen MR) is 96.4 cm³/mol. The van der Waals surface area contributed by atoms with Crippen LogP contribution in [0.5, 0.6) is 5.75 Å². The van der Waals surface area contributed by atoms with E-state index < -0.39 is 5.56 Å². The topological polar surface area (TPSA) is 62.5 Å². The summed E-state index contributed by atoms with van der Waals surface area (Å²) in [6.07, 6.45) is 1.49. The van der Waals surface area contributed by atoms with Crippen molar-refractivity contribution in [3.63, 3.8) is 0 Å². The molecular weight excluding hydrogens is 316 g/mol. The maximum absolute atomic E-state index is 12.9. The molecule has 0 spiro atoms. The largest absolute Gasteiger partial charge is 0.503 e. The van der Waals surface area contributed by atoms with Crippen molar-refractivity contribution in [2.75, 3.05) is 4.90 Å². The van der Waals surface area contributed by atoms with E-state index in [9.17, 15) is 14.7 Å². The van der Waals surface area contributed by atoms with Crippen LogP contribution in [0.4, 0.5) is 5.69 Å². The Balaban J connectivity index is 1.89. The minimum atomic E-state index is -0.580. The van der Waals surface area contributed by atoms with Gasteiger partial charge in [0.1, 0.15) is 6.54 Å². The van der Waals surface area contributed by atoms with Crippen LogP contribution in [0.1, 0.15) is 5.56 Å². The number of pyridine rings is 1. The molecule has 1 heterocycles. The number of amides is 1. The van der Waals surface area contributed by atoms with E-state index in [1.165, 1.54) is 22.9 Å². The molecule has 0 aliphatic rings. The summed E-state index contributed by atoms with van der Waals surface area (Å²) < 4.78 is 1.21. The lowest BCUT2D eigenvalue weighted by atomic mass is 10.2. The van der Waals surface area contributed by atoms with E-state index in [-0.39, 0.29) is 18.2 Å². The number of benzene rings is 2. The molecular formula is C20H18N2O3. The lowest BCUT2D eigenvalue weighted by Crippen LogP contribution is -2.36. The number of para-hydroxylation sites is 1. The molecule has 1 N–H and O–H groups in total. The third-order valence-electron chi connectivity index (χ3n) is 3.86. The highest BCUT2D eigenvalue weighted by molar-refractivity contribution is 5.93. The van der Waals surface area contributed by atoms with E-state index in [0.717, 1.165) is 11.3 Å². The van der Waals surface area contributed by atoms with Crippen molar-refractivity contribution in [1.29, 1.82) is 0 Å². The van der Waals surface area contributed by atoms with E-state index >= 15 is 0 Å². The molecule has 3 rings (SSSR count). The number of carbonyl (C=O) groups excluding carboxylic acids is 1. The van der Waals surface area contributed by atoms with Gasteiger partial charge in [-0.1, -0.05) is 48.5 Å². The van der Waals surface area contributed by atoms with E-state index in [4.69, 9.17) is 0 Å². The van der Waals surface area contributed by atoms with Crippen LogP contribution < -0.4 is 10.5 Å². The van der Waals surface area contributed by atoms with Crippen molar-refractivity contribution in [3.8, 4) is 5.75 Å². The molecule has 0 atom stereocenters. The number of hydrogen-bond acceptors (Lipinski definition) is 3. The Morgan fingerprint density at radius 2 is 1.56 bits per heavy atom. The van der Waals surface area contributed by atoms with Gasteiger partial charge in [0.05, 0.1) is 6.54 Å². The summed E-state index contributed by atoms with van der Waals surface area (Å²) in [7, 11) is 0. The number of aromatic nitrogens is 1. The third kappa shape index (κ3) is 3.95. The first kappa shape index (κ1) is 16.5. The van der Waals surface area contributed by atoms with Crippen LogP contribution in [0.25, 0.3) is 0 Å². The van der Waals surface area contributed by atoms with Crippen LogP contribution in [-0.4, -0.2) is 15.6 Å². The van der Waals surface area contributed by atoms with E-state index in [0.29, 0.717) is 6.54 Å². The van der Waals surface area contributed by atoms with Gasteiger partial charge in [-0.05, 0) is 29.8 Å². The standard InChI is InChI=1S/C20H18N2O3/c23-18-12-7-13-21(20(18)25)15-19(24)22(17-10-5-2-6-11-17)14-16-8-3-1-4-9-16/h1-13,23H,14-15H2. The first-order valence-electron chi connectivity index (χ1n) is 7.93. The summed E-state index contributed by atoms with van der Waals surface area (Å²) in [5, 5.41) is 9.55. The van der Waals surface area contributed by atoms with Crippen molar-refractivity contribution in [1.82, 2.24) is 4.57 Å². The fourth-order valence-electron chi connectivity index (χ4n) is 2.58. The fraction of sp³-hybridized carbons (Fsp3) is 0.100. The molecule has 0 radical (unpaired) electrons. The molecule has 0 saturated heterocycles. The van der Waals surface area contributed by atoms with Crippen LogP contribution >= 0.6 is 0 Å². The monoisotopic (exact) mass is 334 g/mol. The van der Waals surface area contributed by atoms with Crippen LogP contribution in [0.15, 0.2) is 83.8 Å². The average Bonchev–Trinajstić information content (AvgIpc) is 2.65. The summed E-state index contributed by atoms with van der Waals surface area (Å²) in [5.74, 6) is -0.604. The van der Waals surface area contributed by atoms with Crippen molar-refractivity contribution in [3.05, 3.63) is 94.9 Å². The third-order valence-corrected chi connectivity index (χ3v) is 3.86. The van der Waals surface area contributed by atoms with Crippen LogP contribution in [0, 0.1) is 0 Å². The molecule has 2 aromatic carbocycles. The number of rotatable bonds is 5. The lowest BCUT2D eigenvalue weighted by Gasteiger charge is -2.23. The smallest absolute Gasteiger partial charge is 0.293 e. The molecule has 0 unspecified atom stereocenters. The minimum Gasteiger partial charge on any atom is -0.503 e. The fourth-order valence-corrected chi connectivity index (χ4v) is 2.58. The van der Waals surface area contributed by atoms with E-state index in [1.54, 1.807) is 4.90 Å². The van der Waals surface area contributed by atoms with Crippen molar-refractivity contribution in [2.24, 2.45) is 0 Å². The van der Waals surface area contributed by atoms with Gasteiger partial charge in [-0.2, -0.15) is 0 Å². The number of carbonyl (C=O) groups is 1. The van der Waals surface area contributed by atoms with Crippen LogP contribution in [0.3, 0.4) is 0 Å². The Bertz CT molecular complexity index is 905. The highest BCUT2D eigenvalue weighted by Crippen LogP contribution is 2.17. The summed E-state index contributed by atoms with van der Waals surface area (Å²) in [6.45, 7) is 0.256. The SMILES string of the molecule is O=C(Cn1cccc(O)c1=O)N(Cc1ccccc1)c1ccccc1. The minimum absolute atomic E-state index is 0.144. The lowest BCUT2D eigenvalue weighted by molar-refractivity contribution is -0.119. The maximum Gasteiger partial charge on any atom is 0.293 e. The van der Waals surface area contributed by atoms with Gasteiger partial charge in [0.2, 0.25) is 5.91 Å². The molecule has 5 heteroatoms. The zero-order valence-corrected chi connectivity index (χ0v) is 13.6. The Morgan fingerprint density at radius 3 is 2.24 bits per heavy atom. The summed E-state index contributed by atoms with van der Waals surface area (Å²) in [6, 6.07) is 21.8.